The molecule has 2 saturated heterocycles. The molecule has 0 aliphatic carbocycles. The molecule has 3 heterocycles. The van der Waals surface area contributed by atoms with E-state index in [4.69, 9.17) is 0 Å². The molecule has 2 amide bonds. The van der Waals surface area contributed by atoms with Crippen LogP contribution in [0.5, 0.6) is 0 Å². The van der Waals surface area contributed by atoms with E-state index in [1.54, 1.807) is 0 Å². The second-order valence-corrected chi connectivity index (χ2v) is 9.73. The first-order valence-corrected chi connectivity index (χ1v) is 11.9. The minimum atomic E-state index is -1.04. The molecular weight excluding hydrogens is 442 g/mol. The Morgan fingerprint density at radius 2 is 2.06 bits per heavy atom. The lowest BCUT2D eigenvalue weighted by atomic mass is 9.98. The standard InChI is InChI=1S/C21H20F2N4O2S2/c22-12-4-3-5-13(23)18(12)14-9-31-20(25-14)11(8-24)16(28)6-1-2-7-17-19-15(10-30-17)26-21(29)27-19/h3-5,9,11,15,17,19H,1-2,6-7,10H2,(H2,26,27,29). The Balaban J connectivity index is 1.32. The highest BCUT2D eigenvalue weighted by atomic mass is 32.2. The van der Waals surface area contributed by atoms with Gasteiger partial charge in [-0.05, 0) is 25.0 Å². The number of nitrogens with one attached hydrogen (secondary N) is 2. The first-order chi connectivity index (χ1) is 15.0. The molecule has 1 aromatic heterocycles. The molecule has 1 aromatic carbocycles. The van der Waals surface area contributed by atoms with Crippen LogP contribution in [0.3, 0.4) is 0 Å². The number of hydrogen-bond acceptors (Lipinski definition) is 6. The van der Waals surface area contributed by atoms with Crippen LogP contribution in [0.4, 0.5) is 13.6 Å². The summed E-state index contributed by atoms with van der Waals surface area (Å²) in [5.41, 5.74) is -0.168. The van der Waals surface area contributed by atoms with Crippen molar-refractivity contribution in [1.82, 2.24) is 15.6 Å². The summed E-state index contributed by atoms with van der Waals surface area (Å²) in [7, 11) is 0. The number of carbonyl (C=O) groups is 2. The van der Waals surface area contributed by atoms with Crippen molar-refractivity contribution in [1.29, 1.82) is 5.26 Å². The Bertz CT molecular complexity index is 1020. The molecule has 2 fully saturated rings. The first-order valence-electron chi connectivity index (χ1n) is 9.98. The lowest BCUT2D eigenvalue weighted by Gasteiger charge is -2.16. The number of halogens is 2. The number of nitrogens with zero attached hydrogens (tertiary/aromatic N) is 2. The molecule has 2 N–H and O–H groups in total. The van der Waals surface area contributed by atoms with Crippen LogP contribution >= 0.6 is 23.1 Å². The van der Waals surface area contributed by atoms with Crippen LogP contribution < -0.4 is 10.6 Å². The van der Waals surface area contributed by atoms with Crippen LogP contribution in [0.2, 0.25) is 0 Å². The fourth-order valence-electron chi connectivity index (χ4n) is 3.97. The van der Waals surface area contributed by atoms with Crippen molar-refractivity contribution in [2.24, 2.45) is 0 Å². The number of thiazole rings is 1. The van der Waals surface area contributed by atoms with Gasteiger partial charge in [-0.1, -0.05) is 12.5 Å². The zero-order chi connectivity index (χ0) is 22.0. The Kier molecular flexibility index (Phi) is 6.53. The number of benzene rings is 1. The molecule has 0 radical (unpaired) electrons. The Morgan fingerprint density at radius 1 is 1.29 bits per heavy atom. The molecule has 162 valence electrons. The van der Waals surface area contributed by atoms with Gasteiger partial charge in [-0.15, -0.1) is 11.3 Å². The van der Waals surface area contributed by atoms with E-state index >= 15 is 0 Å². The average Bonchev–Trinajstić information content (AvgIpc) is 3.43. The molecule has 4 rings (SSSR count). The Labute approximate surface area is 186 Å². The zero-order valence-electron chi connectivity index (χ0n) is 16.4. The molecule has 0 spiro atoms. The summed E-state index contributed by atoms with van der Waals surface area (Å²) in [5, 5.41) is 17.4. The third-order valence-electron chi connectivity index (χ3n) is 5.54. The van der Waals surface area contributed by atoms with E-state index in [9.17, 15) is 23.6 Å². The van der Waals surface area contributed by atoms with Crippen molar-refractivity contribution in [3.8, 4) is 17.3 Å². The molecule has 0 bridgehead atoms. The average molecular weight is 463 g/mol. The highest BCUT2D eigenvalue weighted by Gasteiger charge is 2.42. The number of hydrogen-bond donors (Lipinski definition) is 2. The van der Waals surface area contributed by atoms with Gasteiger partial charge in [-0.3, -0.25) is 4.79 Å². The van der Waals surface area contributed by atoms with E-state index in [-0.39, 0.29) is 46.6 Å². The Hall–Kier alpha value is -2.51. The van der Waals surface area contributed by atoms with E-state index in [1.807, 2.05) is 17.8 Å². The van der Waals surface area contributed by atoms with Gasteiger partial charge in [0.05, 0.1) is 29.4 Å². The topological polar surface area (TPSA) is 94.9 Å². The van der Waals surface area contributed by atoms with E-state index in [0.29, 0.717) is 11.7 Å². The molecule has 10 heteroatoms. The molecule has 6 nitrogen and oxygen atoms in total. The molecule has 0 saturated carbocycles. The van der Waals surface area contributed by atoms with Gasteiger partial charge in [0.15, 0.2) is 11.7 Å². The molecule has 2 aliphatic heterocycles. The Morgan fingerprint density at radius 3 is 2.81 bits per heavy atom. The maximum atomic E-state index is 14.0. The smallest absolute Gasteiger partial charge is 0.315 e. The molecule has 2 aromatic rings. The third-order valence-corrected chi connectivity index (χ3v) is 7.96. The highest BCUT2D eigenvalue weighted by molar-refractivity contribution is 8.00. The largest absolute Gasteiger partial charge is 0.332 e. The number of ketones is 1. The van der Waals surface area contributed by atoms with Gasteiger partial charge in [-0.2, -0.15) is 17.0 Å². The van der Waals surface area contributed by atoms with Gasteiger partial charge in [-0.25, -0.2) is 18.6 Å². The van der Waals surface area contributed by atoms with Gasteiger partial charge >= 0.3 is 6.03 Å². The normalized spacial score (nSPS) is 23.0. The van der Waals surface area contributed by atoms with E-state index in [0.717, 1.165) is 42.1 Å². The predicted octanol–water partition coefficient (Wildman–Crippen LogP) is 3.99. The number of urea groups is 1. The number of unbranched alkanes of at least 4 members (excludes halogenated alkanes) is 1. The fraction of sp³-hybridized carbons (Fsp3) is 0.429. The molecule has 31 heavy (non-hydrogen) atoms. The van der Waals surface area contributed by atoms with Gasteiger partial charge in [0.1, 0.15) is 16.6 Å². The fourth-order valence-corrected chi connectivity index (χ4v) is 6.39. The second kappa shape index (κ2) is 9.32. The highest BCUT2D eigenvalue weighted by Crippen LogP contribution is 2.34. The summed E-state index contributed by atoms with van der Waals surface area (Å²) in [6.45, 7) is 0. The summed E-state index contributed by atoms with van der Waals surface area (Å²) >= 11 is 2.88. The van der Waals surface area contributed by atoms with E-state index in [1.165, 1.54) is 11.4 Å². The zero-order valence-corrected chi connectivity index (χ0v) is 18.1. The van der Waals surface area contributed by atoms with E-state index < -0.39 is 17.6 Å². The van der Waals surface area contributed by atoms with Crippen LogP contribution in [0.1, 0.15) is 36.6 Å². The summed E-state index contributed by atoms with van der Waals surface area (Å²) in [6.07, 6.45) is 2.56. The molecule has 4 atom stereocenters. The lowest BCUT2D eigenvalue weighted by Crippen LogP contribution is -2.36. The minimum Gasteiger partial charge on any atom is -0.332 e. The molecule has 4 unspecified atom stereocenters. The number of aromatic nitrogens is 1. The molecule has 2 aliphatic rings. The molecular formula is C21H20F2N4O2S2. The SMILES string of the molecule is N#CC(C(=O)CCCCC1SCC2NC(=O)NC21)c1nc(-c2c(F)cccc2F)cs1. The van der Waals surface area contributed by atoms with Crippen molar-refractivity contribution in [3.05, 3.63) is 40.2 Å². The van der Waals surface area contributed by atoms with E-state index in [2.05, 4.69) is 15.6 Å². The number of rotatable bonds is 8. The van der Waals surface area contributed by atoms with Crippen LogP contribution in [-0.4, -0.2) is 39.9 Å². The quantitative estimate of drug-likeness (QED) is 0.457. The second-order valence-electron chi connectivity index (χ2n) is 7.56. The third kappa shape index (κ3) is 4.57. The maximum absolute atomic E-state index is 14.0. The lowest BCUT2D eigenvalue weighted by molar-refractivity contribution is -0.119. The number of amides is 2. The van der Waals surface area contributed by atoms with Gasteiger partial charge in [0.25, 0.3) is 0 Å². The van der Waals surface area contributed by atoms with Crippen molar-refractivity contribution in [2.45, 2.75) is 48.9 Å². The summed E-state index contributed by atoms with van der Waals surface area (Å²) < 4.78 is 28.0. The number of Topliss-reactive ketones (excluding diaryl/α,β-unsaturated/α-hetero) is 1. The van der Waals surface area contributed by atoms with Crippen LogP contribution in [0.15, 0.2) is 23.6 Å². The summed E-state index contributed by atoms with van der Waals surface area (Å²) in [6, 6.07) is 5.71. The first kappa shape index (κ1) is 21.7. The van der Waals surface area contributed by atoms with Crippen molar-refractivity contribution < 1.29 is 18.4 Å². The predicted molar refractivity (Wildman–Crippen MR) is 115 cm³/mol. The van der Waals surface area contributed by atoms with Gasteiger partial charge < -0.3 is 10.6 Å². The van der Waals surface area contributed by atoms with Gasteiger partial charge in [0, 0.05) is 22.8 Å². The van der Waals surface area contributed by atoms with Crippen molar-refractivity contribution in [2.75, 3.05) is 5.75 Å². The van der Waals surface area contributed by atoms with Crippen LogP contribution in [0.25, 0.3) is 11.3 Å². The number of fused-ring (bicyclic) bond motifs is 1. The van der Waals surface area contributed by atoms with Crippen molar-refractivity contribution >= 4 is 34.9 Å². The van der Waals surface area contributed by atoms with Crippen LogP contribution in [-0.2, 0) is 4.79 Å². The summed E-state index contributed by atoms with van der Waals surface area (Å²) in [5.74, 6) is -1.88. The number of thioether (sulfide) groups is 1. The number of carbonyl (C=O) groups excluding carboxylic acids is 2. The number of nitriles is 1. The van der Waals surface area contributed by atoms with Crippen LogP contribution in [0, 0.1) is 23.0 Å². The van der Waals surface area contributed by atoms with Crippen molar-refractivity contribution in [3.63, 3.8) is 0 Å². The minimum absolute atomic E-state index is 0.0867. The maximum Gasteiger partial charge on any atom is 0.315 e. The summed E-state index contributed by atoms with van der Waals surface area (Å²) in [4.78, 5) is 28.2. The van der Waals surface area contributed by atoms with Gasteiger partial charge in [0.2, 0.25) is 0 Å². The monoisotopic (exact) mass is 462 g/mol.